The Labute approximate surface area is 343 Å². The van der Waals surface area contributed by atoms with Crippen LogP contribution < -0.4 is 31.6 Å². The van der Waals surface area contributed by atoms with Gasteiger partial charge in [0.1, 0.15) is 23.0 Å². The number of benzene rings is 6. The lowest BCUT2D eigenvalue weighted by Gasteiger charge is -2.09. The van der Waals surface area contributed by atoms with Crippen molar-refractivity contribution in [3.8, 4) is 23.0 Å². The molecule has 14 heteroatoms. The summed E-state index contributed by atoms with van der Waals surface area (Å²) in [6.07, 6.45) is 0. The van der Waals surface area contributed by atoms with E-state index in [1.54, 1.807) is 60.7 Å². The van der Waals surface area contributed by atoms with Crippen molar-refractivity contribution in [1.82, 2.24) is 0 Å². The maximum atomic E-state index is 12.4. The van der Waals surface area contributed by atoms with Gasteiger partial charge in [0.25, 0.3) is 16.4 Å². The molecule has 286 valence electrons. The van der Waals surface area contributed by atoms with E-state index in [4.69, 9.17) is 67.3 Å². The molecular weight excluding hydrogens is 798 g/mol. The second kappa shape index (κ2) is 20.6. The van der Waals surface area contributed by atoms with E-state index in [-0.39, 0.29) is 32.9 Å². The minimum atomic E-state index is -0.668. The Hall–Kier alpha value is -6.04. The molecule has 6 aromatic carbocycles. The topological polar surface area (TPSA) is 163 Å². The SMILES string of the molecule is CNc1ccc(Oc2ccc(NC(=O)c3ccc(C(C)=O)c(Cl)c3)cc2)cc1.Nc1ccc(Oc2ccc(N)cc2)cc1.O=C(Cl)c1ccc(C(=O)Cl)c(Cl)c1. The molecule has 0 fully saturated rings. The molecule has 0 heterocycles. The zero-order valence-corrected chi connectivity index (χ0v) is 32.8. The molecule has 0 saturated heterocycles. The number of carbonyl (C=O) groups is 4. The van der Waals surface area contributed by atoms with Crippen molar-refractivity contribution in [2.75, 3.05) is 29.1 Å². The summed E-state index contributed by atoms with van der Waals surface area (Å²) in [6, 6.07) is 37.8. The van der Waals surface area contributed by atoms with Crippen LogP contribution >= 0.6 is 46.4 Å². The number of nitrogens with two attached hydrogens (primary N) is 2. The molecule has 1 amide bonds. The molecule has 6 N–H and O–H groups in total. The summed E-state index contributed by atoms with van der Waals surface area (Å²) < 4.78 is 11.4. The van der Waals surface area contributed by atoms with Crippen LogP contribution in [0.1, 0.15) is 48.4 Å². The van der Waals surface area contributed by atoms with Crippen LogP contribution in [-0.4, -0.2) is 29.2 Å². The lowest BCUT2D eigenvalue weighted by atomic mass is 10.1. The normalized spacial score (nSPS) is 10.0. The van der Waals surface area contributed by atoms with Crippen molar-refractivity contribution >= 4 is 91.3 Å². The third-order valence-corrected chi connectivity index (χ3v) is 8.55. The van der Waals surface area contributed by atoms with Crippen LogP contribution in [0.25, 0.3) is 0 Å². The number of ether oxygens (including phenoxy) is 2. The lowest BCUT2D eigenvalue weighted by Crippen LogP contribution is -2.12. The van der Waals surface area contributed by atoms with Gasteiger partial charge in [-0.15, -0.1) is 0 Å². The fraction of sp³-hybridized carbons (Fsp3) is 0.0476. The Morgan fingerprint density at radius 2 is 0.911 bits per heavy atom. The molecule has 0 aliphatic rings. The number of Topliss-reactive ketones (excluding diaryl/α,β-unsaturated/α-hetero) is 1. The summed E-state index contributed by atoms with van der Waals surface area (Å²) in [7, 11) is 1.86. The van der Waals surface area contributed by atoms with Crippen molar-refractivity contribution in [1.29, 1.82) is 0 Å². The Kier molecular flexibility index (Phi) is 15.7. The molecule has 0 radical (unpaired) electrons. The first-order chi connectivity index (χ1) is 26.7. The standard InChI is InChI=1S/C22H19ClN2O3.C12H12N2O.C8H3Cl3O2/c1-14(26)20-12-3-15(13-21(20)23)22(27)25-17-6-10-19(11-7-17)28-18-8-4-16(24-2)5-9-18;13-9-1-5-11(6-2-9)15-12-7-3-10(14)4-8-12;9-6-3-4(7(10)12)1-2-5(6)8(11)13/h3-13,24H,1-2H3,(H,25,27);1-8H,13-14H2;1-3H. The summed E-state index contributed by atoms with van der Waals surface area (Å²) in [6.45, 7) is 1.43. The molecule has 0 aliphatic carbocycles. The highest BCUT2D eigenvalue weighted by atomic mass is 35.5. The van der Waals surface area contributed by atoms with E-state index in [2.05, 4.69) is 10.6 Å². The molecule has 0 saturated carbocycles. The van der Waals surface area contributed by atoms with E-state index in [0.29, 0.717) is 22.6 Å². The maximum Gasteiger partial charge on any atom is 0.255 e. The van der Waals surface area contributed by atoms with E-state index >= 15 is 0 Å². The second-order valence-corrected chi connectivity index (χ2v) is 13.1. The number of carbonyl (C=O) groups excluding carboxylic acids is 4. The van der Waals surface area contributed by atoms with Crippen LogP contribution in [0.5, 0.6) is 23.0 Å². The molecule has 0 unspecified atom stereocenters. The Balaban J connectivity index is 0.000000208. The number of anilines is 4. The quantitative estimate of drug-likeness (QED) is 0.0598. The fourth-order valence-electron chi connectivity index (χ4n) is 4.58. The molecule has 6 aromatic rings. The number of amides is 1. The average Bonchev–Trinajstić information content (AvgIpc) is 3.18. The van der Waals surface area contributed by atoms with E-state index in [1.807, 2.05) is 55.6 Å². The highest BCUT2D eigenvalue weighted by Gasteiger charge is 2.12. The summed E-state index contributed by atoms with van der Waals surface area (Å²) in [5, 5.41) is 4.92. The van der Waals surface area contributed by atoms with Gasteiger partial charge in [0.05, 0.1) is 15.6 Å². The average molecular weight is 833 g/mol. The molecular formula is C42H34Cl4N4O6. The van der Waals surface area contributed by atoms with Crippen LogP contribution in [0.3, 0.4) is 0 Å². The monoisotopic (exact) mass is 830 g/mol. The minimum absolute atomic E-state index is 0.117. The molecule has 0 atom stereocenters. The molecule has 0 aliphatic heterocycles. The summed E-state index contributed by atoms with van der Waals surface area (Å²) >= 11 is 22.1. The lowest BCUT2D eigenvalue weighted by molar-refractivity contribution is 0.100. The first-order valence-electron chi connectivity index (χ1n) is 16.5. The Morgan fingerprint density at radius 3 is 1.30 bits per heavy atom. The van der Waals surface area contributed by atoms with Gasteiger partial charge in [-0.1, -0.05) is 23.2 Å². The number of hydrogen-bond donors (Lipinski definition) is 4. The Bertz CT molecular complexity index is 2260. The zero-order valence-electron chi connectivity index (χ0n) is 29.8. The first kappa shape index (κ1) is 42.7. The van der Waals surface area contributed by atoms with Gasteiger partial charge in [-0.2, -0.15) is 0 Å². The van der Waals surface area contributed by atoms with Gasteiger partial charge in [0.2, 0.25) is 0 Å². The predicted molar refractivity (Wildman–Crippen MR) is 226 cm³/mol. The van der Waals surface area contributed by atoms with Crippen molar-refractivity contribution in [3.05, 3.63) is 166 Å². The summed E-state index contributed by atoms with van der Waals surface area (Å²) in [4.78, 5) is 45.2. The van der Waals surface area contributed by atoms with Gasteiger partial charge in [0.15, 0.2) is 5.78 Å². The second-order valence-electron chi connectivity index (χ2n) is 11.6. The van der Waals surface area contributed by atoms with Crippen molar-refractivity contribution in [3.63, 3.8) is 0 Å². The van der Waals surface area contributed by atoms with Crippen LogP contribution in [0.4, 0.5) is 22.7 Å². The van der Waals surface area contributed by atoms with E-state index in [0.717, 1.165) is 34.3 Å². The third kappa shape index (κ3) is 13.1. The van der Waals surface area contributed by atoms with Gasteiger partial charge in [-0.25, -0.2) is 0 Å². The number of nitrogen functional groups attached to an aromatic ring is 2. The van der Waals surface area contributed by atoms with E-state index in [9.17, 15) is 19.2 Å². The Morgan fingerprint density at radius 1 is 0.518 bits per heavy atom. The number of rotatable bonds is 10. The maximum absolute atomic E-state index is 12.4. The number of ketones is 1. The van der Waals surface area contributed by atoms with Gasteiger partial charge in [0, 0.05) is 46.5 Å². The summed E-state index contributed by atoms with van der Waals surface area (Å²) in [5.74, 6) is 2.43. The van der Waals surface area contributed by atoms with E-state index in [1.165, 1.54) is 31.2 Å². The fourth-order valence-corrected chi connectivity index (χ4v) is 5.49. The number of hydrogen-bond acceptors (Lipinski definition) is 9. The molecule has 0 spiro atoms. The smallest absolute Gasteiger partial charge is 0.255 e. The van der Waals surface area contributed by atoms with Gasteiger partial charge in [-0.05, 0) is 164 Å². The highest BCUT2D eigenvalue weighted by Crippen LogP contribution is 2.26. The van der Waals surface area contributed by atoms with Crippen LogP contribution in [0.15, 0.2) is 133 Å². The summed E-state index contributed by atoms with van der Waals surface area (Å²) in [5.41, 5.74) is 15.4. The molecule has 0 aromatic heterocycles. The van der Waals surface area contributed by atoms with Crippen molar-refractivity contribution < 1.29 is 28.7 Å². The molecule has 56 heavy (non-hydrogen) atoms. The van der Waals surface area contributed by atoms with Crippen LogP contribution in [0, 0.1) is 0 Å². The van der Waals surface area contributed by atoms with Crippen molar-refractivity contribution in [2.45, 2.75) is 6.92 Å². The van der Waals surface area contributed by atoms with E-state index < -0.39 is 10.5 Å². The molecule has 10 nitrogen and oxygen atoms in total. The third-order valence-electron chi connectivity index (χ3n) is 7.51. The first-order valence-corrected chi connectivity index (χ1v) is 18.0. The molecule has 0 bridgehead atoms. The number of nitrogens with one attached hydrogen (secondary N) is 2. The predicted octanol–water partition coefficient (Wildman–Crippen LogP) is 11.4. The van der Waals surface area contributed by atoms with Crippen LogP contribution in [-0.2, 0) is 0 Å². The van der Waals surface area contributed by atoms with Gasteiger partial charge >= 0.3 is 0 Å². The van der Waals surface area contributed by atoms with Gasteiger partial charge in [-0.3, -0.25) is 19.2 Å². The molecule has 6 rings (SSSR count). The van der Waals surface area contributed by atoms with Crippen LogP contribution in [0.2, 0.25) is 10.0 Å². The van der Waals surface area contributed by atoms with Gasteiger partial charge < -0.3 is 31.6 Å². The highest BCUT2D eigenvalue weighted by molar-refractivity contribution is 6.69. The largest absolute Gasteiger partial charge is 0.457 e. The zero-order chi connectivity index (χ0) is 40.8. The minimum Gasteiger partial charge on any atom is -0.457 e. The number of halogens is 4. The van der Waals surface area contributed by atoms with Crippen molar-refractivity contribution in [2.24, 2.45) is 0 Å².